The van der Waals surface area contributed by atoms with Crippen LogP contribution < -0.4 is 10.1 Å². The minimum atomic E-state index is -0.307. The van der Waals surface area contributed by atoms with Crippen molar-refractivity contribution in [1.82, 2.24) is 5.32 Å². The van der Waals surface area contributed by atoms with Crippen molar-refractivity contribution in [2.45, 2.75) is 6.54 Å². The van der Waals surface area contributed by atoms with Crippen molar-refractivity contribution in [1.29, 1.82) is 0 Å². The predicted molar refractivity (Wildman–Crippen MR) is 46.5 cm³/mol. The molecule has 0 radical (unpaired) electrons. The molecular formula is C8H6FNOS. The SMILES string of the molecule is Fc1ccc2c(c1)OC(=S)NC2. The minimum Gasteiger partial charge on any atom is -0.431 e. The van der Waals surface area contributed by atoms with Gasteiger partial charge in [0, 0.05) is 18.2 Å². The topological polar surface area (TPSA) is 21.3 Å². The quantitative estimate of drug-likeness (QED) is 0.617. The van der Waals surface area contributed by atoms with E-state index in [4.69, 9.17) is 17.0 Å². The van der Waals surface area contributed by atoms with Crippen molar-refractivity contribution in [3.63, 3.8) is 0 Å². The molecule has 0 bridgehead atoms. The normalized spacial score (nSPS) is 14.6. The summed E-state index contributed by atoms with van der Waals surface area (Å²) in [4.78, 5) is 0. The molecule has 0 unspecified atom stereocenters. The molecule has 1 aliphatic heterocycles. The second-order valence-electron chi connectivity index (χ2n) is 2.50. The Hall–Kier alpha value is -1.16. The molecule has 1 N–H and O–H groups in total. The summed E-state index contributed by atoms with van der Waals surface area (Å²) >= 11 is 4.77. The molecule has 2 rings (SSSR count). The third-order valence-corrected chi connectivity index (χ3v) is 1.88. The van der Waals surface area contributed by atoms with E-state index in [-0.39, 0.29) is 5.82 Å². The van der Waals surface area contributed by atoms with Gasteiger partial charge in [-0.2, -0.15) is 0 Å². The van der Waals surface area contributed by atoms with E-state index < -0.39 is 0 Å². The average molecular weight is 183 g/mol. The fourth-order valence-electron chi connectivity index (χ4n) is 1.07. The molecule has 1 heterocycles. The molecule has 0 spiro atoms. The first-order valence-electron chi connectivity index (χ1n) is 3.50. The van der Waals surface area contributed by atoms with Gasteiger partial charge >= 0.3 is 0 Å². The molecule has 1 aliphatic rings. The highest BCUT2D eigenvalue weighted by molar-refractivity contribution is 7.80. The summed E-state index contributed by atoms with van der Waals surface area (Å²) in [5.74, 6) is 0.206. The highest BCUT2D eigenvalue weighted by Gasteiger charge is 2.13. The van der Waals surface area contributed by atoms with E-state index in [1.54, 1.807) is 6.07 Å². The highest BCUT2D eigenvalue weighted by Crippen LogP contribution is 2.22. The van der Waals surface area contributed by atoms with Crippen molar-refractivity contribution in [2.75, 3.05) is 0 Å². The van der Waals surface area contributed by atoms with Gasteiger partial charge in [0.05, 0.1) is 0 Å². The van der Waals surface area contributed by atoms with Gasteiger partial charge in [0.1, 0.15) is 11.6 Å². The first-order chi connectivity index (χ1) is 5.75. The van der Waals surface area contributed by atoms with Gasteiger partial charge in [-0.1, -0.05) is 6.07 Å². The third-order valence-electron chi connectivity index (χ3n) is 1.66. The van der Waals surface area contributed by atoms with Crippen LogP contribution in [0, 0.1) is 5.82 Å². The molecule has 1 aromatic rings. The number of fused-ring (bicyclic) bond motifs is 1. The highest BCUT2D eigenvalue weighted by atomic mass is 32.1. The molecule has 0 saturated carbocycles. The molecule has 0 aromatic heterocycles. The first kappa shape index (κ1) is 7.49. The maximum Gasteiger partial charge on any atom is 0.262 e. The summed E-state index contributed by atoms with van der Waals surface area (Å²) in [7, 11) is 0. The zero-order valence-electron chi connectivity index (χ0n) is 6.13. The van der Waals surface area contributed by atoms with Crippen molar-refractivity contribution >= 4 is 17.4 Å². The van der Waals surface area contributed by atoms with Crippen LogP contribution in [0.25, 0.3) is 0 Å². The van der Waals surface area contributed by atoms with E-state index in [9.17, 15) is 4.39 Å². The monoisotopic (exact) mass is 183 g/mol. The molecule has 0 atom stereocenters. The van der Waals surface area contributed by atoms with Gasteiger partial charge in [-0.3, -0.25) is 0 Å². The molecule has 0 fully saturated rings. The van der Waals surface area contributed by atoms with Crippen LogP contribution in [0.1, 0.15) is 5.56 Å². The third kappa shape index (κ3) is 1.25. The van der Waals surface area contributed by atoms with Crippen LogP contribution in [-0.2, 0) is 6.54 Å². The Morgan fingerprint density at radius 1 is 1.50 bits per heavy atom. The number of benzene rings is 1. The van der Waals surface area contributed by atoms with Gasteiger partial charge in [-0.15, -0.1) is 0 Å². The van der Waals surface area contributed by atoms with E-state index in [0.717, 1.165) is 5.56 Å². The number of thiocarbonyl (C=S) groups is 1. The number of halogens is 1. The Bertz CT molecular complexity index is 340. The molecule has 0 aliphatic carbocycles. The number of rotatable bonds is 0. The van der Waals surface area contributed by atoms with Crippen molar-refractivity contribution < 1.29 is 9.13 Å². The van der Waals surface area contributed by atoms with Gasteiger partial charge in [0.25, 0.3) is 5.17 Å². The molecule has 12 heavy (non-hydrogen) atoms. The van der Waals surface area contributed by atoms with Gasteiger partial charge in [-0.25, -0.2) is 4.39 Å². The van der Waals surface area contributed by atoms with E-state index in [1.165, 1.54) is 12.1 Å². The Balaban J connectivity index is 2.44. The second kappa shape index (κ2) is 2.71. The van der Waals surface area contributed by atoms with Gasteiger partial charge < -0.3 is 10.1 Å². The molecule has 0 amide bonds. The Kier molecular flexibility index (Phi) is 1.69. The first-order valence-corrected chi connectivity index (χ1v) is 3.90. The summed E-state index contributed by atoms with van der Waals surface area (Å²) in [5, 5.41) is 3.14. The summed E-state index contributed by atoms with van der Waals surface area (Å²) in [5.41, 5.74) is 0.921. The fourth-order valence-corrected chi connectivity index (χ4v) is 1.23. The summed E-state index contributed by atoms with van der Waals surface area (Å²) in [6.45, 7) is 0.606. The van der Waals surface area contributed by atoms with Crippen LogP contribution in [0.15, 0.2) is 18.2 Å². The van der Waals surface area contributed by atoms with E-state index in [1.807, 2.05) is 0 Å². The zero-order valence-corrected chi connectivity index (χ0v) is 6.95. The molecular weight excluding hydrogens is 177 g/mol. The number of hydrogen-bond acceptors (Lipinski definition) is 2. The van der Waals surface area contributed by atoms with Crippen LogP contribution in [-0.4, -0.2) is 5.17 Å². The van der Waals surface area contributed by atoms with Crippen molar-refractivity contribution in [3.05, 3.63) is 29.6 Å². The summed E-state index contributed by atoms with van der Waals surface area (Å²) < 4.78 is 17.8. The minimum absolute atomic E-state index is 0.299. The molecule has 4 heteroatoms. The maximum absolute atomic E-state index is 12.7. The lowest BCUT2D eigenvalue weighted by atomic mass is 10.2. The lowest BCUT2D eigenvalue weighted by molar-refractivity contribution is 0.490. The number of hydrogen-bond donors (Lipinski definition) is 1. The fraction of sp³-hybridized carbons (Fsp3) is 0.125. The molecule has 62 valence electrons. The lowest BCUT2D eigenvalue weighted by Crippen LogP contribution is -2.30. The number of nitrogens with one attached hydrogen (secondary N) is 1. The smallest absolute Gasteiger partial charge is 0.262 e. The lowest BCUT2D eigenvalue weighted by Gasteiger charge is -2.18. The van der Waals surface area contributed by atoms with Crippen LogP contribution in [0.3, 0.4) is 0 Å². The van der Waals surface area contributed by atoms with Gasteiger partial charge in [0.2, 0.25) is 0 Å². The maximum atomic E-state index is 12.7. The van der Waals surface area contributed by atoms with E-state index in [0.29, 0.717) is 17.5 Å². The van der Waals surface area contributed by atoms with Crippen LogP contribution in [0.5, 0.6) is 5.75 Å². The number of ether oxygens (including phenoxy) is 1. The predicted octanol–water partition coefficient (Wildman–Crippen LogP) is 1.59. The zero-order chi connectivity index (χ0) is 8.55. The van der Waals surface area contributed by atoms with Crippen LogP contribution in [0.4, 0.5) is 4.39 Å². The van der Waals surface area contributed by atoms with Crippen molar-refractivity contribution in [3.8, 4) is 5.75 Å². The Labute approximate surface area is 74.3 Å². The average Bonchev–Trinajstić information content (AvgIpc) is 2.03. The summed E-state index contributed by atoms with van der Waals surface area (Å²) in [6.07, 6.45) is 0. The van der Waals surface area contributed by atoms with Crippen LogP contribution >= 0.6 is 12.2 Å². The second-order valence-corrected chi connectivity index (χ2v) is 2.87. The van der Waals surface area contributed by atoms with Gasteiger partial charge in [-0.05, 0) is 18.3 Å². The van der Waals surface area contributed by atoms with E-state index in [2.05, 4.69) is 5.32 Å². The van der Waals surface area contributed by atoms with Crippen molar-refractivity contribution in [2.24, 2.45) is 0 Å². The van der Waals surface area contributed by atoms with Gasteiger partial charge in [0.15, 0.2) is 0 Å². The van der Waals surface area contributed by atoms with E-state index >= 15 is 0 Å². The molecule has 1 aromatic carbocycles. The Morgan fingerprint density at radius 3 is 3.17 bits per heavy atom. The van der Waals surface area contributed by atoms with Crippen LogP contribution in [0.2, 0.25) is 0 Å². The molecule has 0 saturated heterocycles. The Morgan fingerprint density at radius 2 is 2.33 bits per heavy atom. The standard InChI is InChI=1S/C8H6FNOS/c9-6-2-1-5-4-10-8(12)11-7(5)3-6/h1-3H,4H2,(H,10,12). The largest absolute Gasteiger partial charge is 0.431 e. The summed E-state index contributed by atoms with van der Waals surface area (Å²) in [6, 6.07) is 4.42. The molecule has 2 nitrogen and oxygen atoms in total.